The lowest BCUT2D eigenvalue weighted by atomic mass is 10.2. The first-order valence-electron chi connectivity index (χ1n) is 5.97. The number of alkyl halides is 3. The second-order valence-electron chi connectivity index (χ2n) is 4.49. The number of nitrogens with zero attached hydrogens (tertiary/aromatic N) is 1. The van der Waals surface area contributed by atoms with Crippen LogP contribution >= 0.6 is 34.8 Å². The van der Waals surface area contributed by atoms with Crippen molar-refractivity contribution in [1.82, 2.24) is 5.32 Å². The minimum atomic E-state index is -1.79. The Labute approximate surface area is 133 Å². The summed E-state index contributed by atoms with van der Waals surface area (Å²) in [5, 5.41) is 2.56. The Kier molecular flexibility index (Phi) is 6.11. The lowest BCUT2D eigenvalue weighted by molar-refractivity contribution is 0.0938. The summed E-state index contributed by atoms with van der Waals surface area (Å²) in [5.41, 5.74) is 6.20. The zero-order chi connectivity index (χ0) is 15.3. The summed E-state index contributed by atoms with van der Waals surface area (Å²) in [4.78, 5) is 16.1. The average Bonchev–Trinajstić information content (AvgIpc) is 2.37. The van der Waals surface area contributed by atoms with Crippen LogP contribution in [0.5, 0.6) is 0 Å². The first kappa shape index (κ1) is 17.1. The van der Waals surface area contributed by atoms with E-state index in [0.717, 1.165) is 0 Å². The smallest absolute Gasteiger partial charge is 0.253 e. The van der Waals surface area contributed by atoms with E-state index in [9.17, 15) is 4.79 Å². The minimum Gasteiger partial charge on any atom is -0.387 e. The van der Waals surface area contributed by atoms with Crippen molar-refractivity contribution >= 4 is 46.5 Å². The van der Waals surface area contributed by atoms with Crippen molar-refractivity contribution in [2.24, 2.45) is 16.6 Å². The molecule has 7 heteroatoms. The third kappa shape index (κ3) is 5.19. The Morgan fingerprint density at radius 1 is 1.25 bits per heavy atom. The molecule has 110 valence electrons. The van der Waals surface area contributed by atoms with Crippen molar-refractivity contribution < 1.29 is 4.79 Å². The largest absolute Gasteiger partial charge is 0.387 e. The third-order valence-corrected chi connectivity index (χ3v) is 3.10. The van der Waals surface area contributed by atoms with Crippen LogP contribution in [-0.4, -0.2) is 21.7 Å². The molecule has 0 aromatic heterocycles. The van der Waals surface area contributed by atoms with Gasteiger partial charge in [-0.05, 0) is 12.1 Å². The van der Waals surface area contributed by atoms with Gasteiger partial charge in [-0.2, -0.15) is 0 Å². The lowest BCUT2D eigenvalue weighted by Crippen LogP contribution is -2.44. The number of carbonyl (C=O) groups excluding carboxylic acids is 1. The molecular weight excluding hydrogens is 321 g/mol. The number of halogens is 3. The number of hydrogen-bond donors (Lipinski definition) is 2. The van der Waals surface area contributed by atoms with Gasteiger partial charge in [0.25, 0.3) is 5.91 Å². The SMILES string of the molecule is CC(C)C(N)=N[C@H](NC(=O)c1ccccc1)C(Cl)(Cl)Cl. The number of carbonyl (C=O) groups is 1. The summed E-state index contributed by atoms with van der Waals surface area (Å²) in [5.74, 6) is -0.101. The number of hydrogen-bond acceptors (Lipinski definition) is 2. The molecule has 3 N–H and O–H groups in total. The molecule has 0 unspecified atom stereocenters. The van der Waals surface area contributed by atoms with Crippen LogP contribution in [0, 0.1) is 5.92 Å². The highest BCUT2D eigenvalue weighted by Gasteiger charge is 2.34. The van der Waals surface area contributed by atoms with Crippen molar-refractivity contribution in [3.8, 4) is 0 Å². The van der Waals surface area contributed by atoms with E-state index >= 15 is 0 Å². The maximum atomic E-state index is 12.1. The van der Waals surface area contributed by atoms with Gasteiger partial charge < -0.3 is 11.1 Å². The third-order valence-electron chi connectivity index (χ3n) is 2.48. The molecule has 1 aromatic rings. The quantitative estimate of drug-likeness (QED) is 0.504. The highest BCUT2D eigenvalue weighted by Crippen LogP contribution is 2.31. The van der Waals surface area contributed by atoms with Crippen molar-refractivity contribution in [2.75, 3.05) is 0 Å². The van der Waals surface area contributed by atoms with Crippen LogP contribution < -0.4 is 11.1 Å². The van der Waals surface area contributed by atoms with Gasteiger partial charge in [0.1, 0.15) is 0 Å². The molecule has 1 atom stereocenters. The molecule has 0 saturated carbocycles. The number of aliphatic imine (C=N–C) groups is 1. The van der Waals surface area contributed by atoms with Crippen LogP contribution in [0.15, 0.2) is 35.3 Å². The van der Waals surface area contributed by atoms with Crippen LogP contribution in [0.2, 0.25) is 0 Å². The standard InChI is InChI=1S/C13H16Cl3N3O/c1-8(2)10(17)18-12(13(14,15)16)19-11(20)9-6-4-3-5-7-9/h3-8,12H,1-2H3,(H2,17,18)(H,19,20)/t12-/m1/s1. The molecule has 0 radical (unpaired) electrons. The Hall–Kier alpha value is -0.970. The number of nitrogens with two attached hydrogens (primary N) is 1. The molecule has 0 saturated heterocycles. The van der Waals surface area contributed by atoms with Gasteiger partial charge in [0, 0.05) is 11.5 Å². The maximum Gasteiger partial charge on any atom is 0.253 e. The van der Waals surface area contributed by atoms with E-state index in [0.29, 0.717) is 11.4 Å². The van der Waals surface area contributed by atoms with E-state index in [1.54, 1.807) is 30.3 Å². The second-order valence-corrected chi connectivity index (χ2v) is 6.86. The Morgan fingerprint density at radius 2 is 1.80 bits per heavy atom. The predicted octanol–water partition coefficient (Wildman–Crippen LogP) is 3.13. The monoisotopic (exact) mass is 335 g/mol. The summed E-state index contributed by atoms with van der Waals surface area (Å²) in [7, 11) is 0. The number of amidine groups is 1. The first-order chi connectivity index (χ1) is 9.21. The van der Waals surface area contributed by atoms with Gasteiger partial charge in [-0.3, -0.25) is 4.79 Å². The van der Waals surface area contributed by atoms with Crippen molar-refractivity contribution in [3.63, 3.8) is 0 Å². The fraction of sp³-hybridized carbons (Fsp3) is 0.385. The van der Waals surface area contributed by atoms with Crippen molar-refractivity contribution in [1.29, 1.82) is 0 Å². The van der Waals surface area contributed by atoms with E-state index in [1.807, 2.05) is 13.8 Å². The van der Waals surface area contributed by atoms with Gasteiger partial charge in [0.2, 0.25) is 3.79 Å². The molecule has 0 aliphatic heterocycles. The molecule has 0 aliphatic rings. The van der Waals surface area contributed by atoms with E-state index < -0.39 is 9.96 Å². The van der Waals surface area contributed by atoms with Crippen LogP contribution in [0.25, 0.3) is 0 Å². The number of rotatable bonds is 4. The highest BCUT2D eigenvalue weighted by molar-refractivity contribution is 6.68. The Bertz CT molecular complexity index is 483. The average molecular weight is 337 g/mol. The van der Waals surface area contributed by atoms with E-state index in [4.69, 9.17) is 40.5 Å². The number of amides is 1. The molecule has 20 heavy (non-hydrogen) atoms. The van der Waals surface area contributed by atoms with Crippen molar-refractivity contribution in [3.05, 3.63) is 35.9 Å². The zero-order valence-electron chi connectivity index (χ0n) is 11.1. The molecule has 0 fully saturated rings. The van der Waals surface area contributed by atoms with Gasteiger partial charge in [0.05, 0.1) is 5.84 Å². The van der Waals surface area contributed by atoms with Crippen LogP contribution in [0.1, 0.15) is 24.2 Å². The topological polar surface area (TPSA) is 67.5 Å². The van der Waals surface area contributed by atoms with Gasteiger partial charge >= 0.3 is 0 Å². The molecule has 4 nitrogen and oxygen atoms in total. The van der Waals surface area contributed by atoms with Crippen LogP contribution in [0.4, 0.5) is 0 Å². The van der Waals surface area contributed by atoms with Gasteiger partial charge in [0.15, 0.2) is 6.17 Å². The first-order valence-corrected chi connectivity index (χ1v) is 7.11. The van der Waals surface area contributed by atoms with Gasteiger partial charge in [-0.1, -0.05) is 66.8 Å². The van der Waals surface area contributed by atoms with Gasteiger partial charge in [-0.15, -0.1) is 0 Å². The predicted molar refractivity (Wildman–Crippen MR) is 84.4 cm³/mol. The molecule has 0 bridgehead atoms. The molecule has 0 heterocycles. The van der Waals surface area contributed by atoms with Crippen LogP contribution in [0.3, 0.4) is 0 Å². The fourth-order valence-electron chi connectivity index (χ4n) is 1.28. The Morgan fingerprint density at radius 3 is 2.25 bits per heavy atom. The summed E-state index contributed by atoms with van der Waals surface area (Å²) in [6.07, 6.45) is -1.05. The van der Waals surface area contributed by atoms with Crippen molar-refractivity contribution in [2.45, 2.75) is 23.8 Å². The maximum absolute atomic E-state index is 12.1. The summed E-state index contributed by atoms with van der Waals surface area (Å²) in [6, 6.07) is 8.59. The number of nitrogens with one attached hydrogen (secondary N) is 1. The van der Waals surface area contributed by atoms with Gasteiger partial charge in [-0.25, -0.2) is 4.99 Å². The molecule has 0 aliphatic carbocycles. The molecule has 1 rings (SSSR count). The normalized spacial score (nSPS) is 14.2. The van der Waals surface area contributed by atoms with E-state index in [-0.39, 0.29) is 11.8 Å². The molecular formula is C13H16Cl3N3O. The Balaban J connectivity index is 2.92. The second kappa shape index (κ2) is 7.16. The molecule has 1 amide bonds. The zero-order valence-corrected chi connectivity index (χ0v) is 13.4. The molecule has 0 spiro atoms. The summed E-state index contributed by atoms with van der Waals surface area (Å²) in [6.45, 7) is 3.71. The summed E-state index contributed by atoms with van der Waals surface area (Å²) >= 11 is 17.5. The fourth-order valence-corrected chi connectivity index (χ4v) is 1.59. The minimum absolute atomic E-state index is 0.0153. The molecule has 1 aromatic carbocycles. The van der Waals surface area contributed by atoms with E-state index in [2.05, 4.69) is 10.3 Å². The van der Waals surface area contributed by atoms with E-state index in [1.165, 1.54) is 0 Å². The summed E-state index contributed by atoms with van der Waals surface area (Å²) < 4.78 is -1.79. The van der Waals surface area contributed by atoms with Crippen LogP contribution in [-0.2, 0) is 0 Å². The number of benzene rings is 1. The lowest BCUT2D eigenvalue weighted by Gasteiger charge is -2.23. The highest BCUT2D eigenvalue weighted by atomic mass is 35.6.